The van der Waals surface area contributed by atoms with Crippen molar-refractivity contribution in [2.24, 2.45) is 5.73 Å². The van der Waals surface area contributed by atoms with Gasteiger partial charge in [-0.3, -0.25) is 9.59 Å². The number of carbonyl (C=O) groups excluding carboxylic acids is 2. The Morgan fingerprint density at radius 3 is 2.60 bits per heavy atom. The molecule has 4 N–H and O–H groups in total. The highest BCUT2D eigenvalue weighted by atomic mass is 19.1. The minimum absolute atomic E-state index is 0.0749. The van der Waals surface area contributed by atoms with E-state index >= 15 is 0 Å². The van der Waals surface area contributed by atoms with Gasteiger partial charge in [0.1, 0.15) is 23.6 Å². The molecule has 0 aliphatic heterocycles. The summed E-state index contributed by atoms with van der Waals surface area (Å²) in [5.74, 6) is -1.99. The van der Waals surface area contributed by atoms with Crippen LogP contribution in [0.5, 0.6) is 0 Å². The largest absolute Gasteiger partial charge is 0.367 e. The Morgan fingerprint density at radius 2 is 1.92 bits per heavy atom. The first-order valence-electron chi connectivity index (χ1n) is 7.61. The lowest BCUT2D eigenvalue weighted by molar-refractivity contribution is 0.0996. The molecule has 1 aromatic carbocycles. The monoisotopic (exact) mass is 341 g/mol. The van der Waals surface area contributed by atoms with Crippen LogP contribution in [-0.2, 0) is 0 Å². The summed E-state index contributed by atoms with van der Waals surface area (Å²) in [6.45, 7) is 3.86. The Morgan fingerprint density at radius 1 is 1.20 bits per heavy atom. The Bertz CT molecular complexity index is 980. The van der Waals surface area contributed by atoms with Gasteiger partial charge in [0.2, 0.25) is 0 Å². The third kappa shape index (κ3) is 2.93. The average molecular weight is 341 g/mol. The minimum atomic E-state index is -0.940. The van der Waals surface area contributed by atoms with E-state index in [1.807, 2.05) is 13.8 Å². The topological polar surface area (TPSA) is 114 Å². The zero-order chi connectivity index (χ0) is 18.1. The lowest BCUT2D eigenvalue weighted by atomic mass is 10.00. The summed E-state index contributed by atoms with van der Waals surface area (Å²) in [5, 5.41) is 3.60. The summed E-state index contributed by atoms with van der Waals surface area (Å²) in [6.07, 6.45) is 2.82. The summed E-state index contributed by atoms with van der Waals surface area (Å²) in [4.78, 5) is 35.3. The fourth-order valence-electron chi connectivity index (χ4n) is 2.57. The van der Waals surface area contributed by atoms with Gasteiger partial charge in [0.05, 0.1) is 22.1 Å². The zero-order valence-electron chi connectivity index (χ0n) is 13.6. The van der Waals surface area contributed by atoms with Crippen LogP contribution in [0.3, 0.4) is 0 Å². The fourth-order valence-corrected chi connectivity index (χ4v) is 2.57. The standard InChI is InChI=1S/C17H16FN5O2/c1-8(2)23-17-12-11(6-20-16(12)21-7-22-17)14(24)9-4-3-5-10(13(9)18)15(19)25/h3-8H,1-2H3,(H2,19,25)(H2,20,21,22,23). The van der Waals surface area contributed by atoms with E-state index in [9.17, 15) is 14.0 Å². The Labute approximate surface area is 142 Å². The molecule has 0 saturated carbocycles. The fraction of sp³-hybridized carbons (Fsp3) is 0.176. The van der Waals surface area contributed by atoms with E-state index in [2.05, 4.69) is 20.3 Å². The molecule has 2 aromatic heterocycles. The van der Waals surface area contributed by atoms with Crippen LogP contribution in [0.25, 0.3) is 11.0 Å². The molecule has 0 aliphatic carbocycles. The predicted molar refractivity (Wildman–Crippen MR) is 91.0 cm³/mol. The van der Waals surface area contributed by atoms with E-state index in [1.54, 1.807) is 0 Å². The lowest BCUT2D eigenvalue weighted by Crippen LogP contribution is -2.16. The van der Waals surface area contributed by atoms with E-state index in [-0.39, 0.29) is 22.7 Å². The van der Waals surface area contributed by atoms with Gasteiger partial charge < -0.3 is 16.0 Å². The number of ketones is 1. The number of benzene rings is 1. The number of carbonyl (C=O) groups is 2. The van der Waals surface area contributed by atoms with Crippen LogP contribution in [0.15, 0.2) is 30.7 Å². The molecule has 0 atom stereocenters. The van der Waals surface area contributed by atoms with Crippen LogP contribution in [-0.4, -0.2) is 32.7 Å². The van der Waals surface area contributed by atoms with Crippen LogP contribution in [0.2, 0.25) is 0 Å². The second kappa shape index (κ2) is 6.31. The normalized spacial score (nSPS) is 11.0. The van der Waals surface area contributed by atoms with Crippen LogP contribution in [0.1, 0.15) is 40.1 Å². The number of halogens is 1. The molecule has 2 heterocycles. The number of nitrogens with two attached hydrogens (primary N) is 1. The van der Waals surface area contributed by atoms with Gasteiger partial charge in [0.15, 0.2) is 5.78 Å². The maximum atomic E-state index is 14.5. The molecule has 0 radical (unpaired) electrons. The highest BCUT2D eigenvalue weighted by Gasteiger charge is 2.23. The van der Waals surface area contributed by atoms with Crippen molar-refractivity contribution in [3.05, 3.63) is 53.2 Å². The maximum Gasteiger partial charge on any atom is 0.251 e. The summed E-state index contributed by atoms with van der Waals surface area (Å²) >= 11 is 0. The SMILES string of the molecule is CC(C)Nc1ncnc2[nH]cc(C(=O)c3cccc(C(N)=O)c3F)c12. The number of nitrogens with zero attached hydrogens (tertiary/aromatic N) is 2. The number of fused-ring (bicyclic) bond motifs is 1. The second-order valence-electron chi connectivity index (χ2n) is 5.81. The number of aromatic nitrogens is 3. The van der Waals surface area contributed by atoms with Crippen LogP contribution in [0, 0.1) is 5.82 Å². The average Bonchev–Trinajstić information content (AvgIpc) is 2.99. The van der Waals surface area contributed by atoms with Gasteiger partial charge in [-0.15, -0.1) is 0 Å². The number of aromatic amines is 1. The molecule has 128 valence electrons. The minimum Gasteiger partial charge on any atom is -0.367 e. The van der Waals surface area contributed by atoms with E-state index in [4.69, 9.17) is 5.73 Å². The number of amides is 1. The van der Waals surface area contributed by atoms with E-state index < -0.39 is 17.5 Å². The number of hydrogen-bond acceptors (Lipinski definition) is 5. The third-order valence-corrected chi connectivity index (χ3v) is 3.65. The highest BCUT2D eigenvalue weighted by Crippen LogP contribution is 2.27. The summed E-state index contributed by atoms with van der Waals surface area (Å²) in [7, 11) is 0. The molecule has 25 heavy (non-hydrogen) atoms. The quantitative estimate of drug-likeness (QED) is 0.616. The van der Waals surface area contributed by atoms with Crippen molar-refractivity contribution >= 4 is 28.5 Å². The molecule has 0 fully saturated rings. The summed E-state index contributed by atoms with van der Waals surface area (Å²) in [5.41, 5.74) is 5.23. The van der Waals surface area contributed by atoms with Crippen LogP contribution < -0.4 is 11.1 Å². The summed E-state index contributed by atoms with van der Waals surface area (Å²) < 4.78 is 14.5. The maximum absolute atomic E-state index is 14.5. The number of rotatable bonds is 5. The van der Waals surface area contributed by atoms with Gasteiger partial charge >= 0.3 is 0 Å². The molecule has 0 bridgehead atoms. The van der Waals surface area contributed by atoms with Gasteiger partial charge in [-0.1, -0.05) is 6.07 Å². The Balaban J connectivity index is 2.16. The molecule has 8 heteroatoms. The predicted octanol–water partition coefficient (Wildman–Crippen LogP) is 2.25. The molecule has 3 rings (SSSR count). The summed E-state index contributed by atoms with van der Waals surface area (Å²) in [6, 6.07) is 4.03. The number of anilines is 1. The zero-order valence-corrected chi connectivity index (χ0v) is 13.6. The van der Waals surface area contributed by atoms with Crippen molar-refractivity contribution < 1.29 is 14.0 Å². The lowest BCUT2D eigenvalue weighted by Gasteiger charge is -2.11. The van der Waals surface area contributed by atoms with Gasteiger partial charge in [0, 0.05) is 12.2 Å². The molecule has 7 nitrogen and oxygen atoms in total. The van der Waals surface area contributed by atoms with Crippen LogP contribution in [0.4, 0.5) is 10.2 Å². The van der Waals surface area contributed by atoms with E-state index in [0.29, 0.717) is 16.9 Å². The number of hydrogen-bond donors (Lipinski definition) is 3. The van der Waals surface area contributed by atoms with Crippen molar-refractivity contribution in [3.8, 4) is 0 Å². The molecular weight excluding hydrogens is 325 g/mol. The van der Waals surface area contributed by atoms with Gasteiger partial charge in [-0.05, 0) is 26.0 Å². The Kier molecular flexibility index (Phi) is 4.18. The molecule has 1 amide bonds. The highest BCUT2D eigenvalue weighted by molar-refractivity contribution is 6.18. The van der Waals surface area contributed by atoms with Crippen molar-refractivity contribution in [2.75, 3.05) is 5.32 Å². The first kappa shape index (κ1) is 16.6. The van der Waals surface area contributed by atoms with Crippen molar-refractivity contribution in [1.29, 1.82) is 0 Å². The molecule has 0 aliphatic rings. The smallest absolute Gasteiger partial charge is 0.251 e. The van der Waals surface area contributed by atoms with E-state index in [0.717, 1.165) is 0 Å². The molecular formula is C17H16FN5O2. The first-order chi connectivity index (χ1) is 11.9. The molecule has 0 unspecified atom stereocenters. The van der Waals surface area contributed by atoms with Crippen molar-refractivity contribution in [2.45, 2.75) is 19.9 Å². The number of primary amides is 1. The van der Waals surface area contributed by atoms with E-state index in [1.165, 1.54) is 30.7 Å². The number of nitrogens with one attached hydrogen (secondary N) is 2. The number of H-pyrrole nitrogens is 1. The second-order valence-corrected chi connectivity index (χ2v) is 5.81. The molecule has 0 spiro atoms. The van der Waals surface area contributed by atoms with Crippen molar-refractivity contribution in [1.82, 2.24) is 15.0 Å². The third-order valence-electron chi connectivity index (χ3n) is 3.65. The van der Waals surface area contributed by atoms with Crippen molar-refractivity contribution in [3.63, 3.8) is 0 Å². The van der Waals surface area contributed by atoms with Gasteiger partial charge in [-0.25, -0.2) is 14.4 Å². The first-order valence-corrected chi connectivity index (χ1v) is 7.61. The molecule has 3 aromatic rings. The van der Waals surface area contributed by atoms with Crippen LogP contribution >= 0.6 is 0 Å². The van der Waals surface area contributed by atoms with Gasteiger partial charge in [0.25, 0.3) is 5.91 Å². The van der Waals surface area contributed by atoms with Gasteiger partial charge in [-0.2, -0.15) is 0 Å². The Hall–Kier alpha value is -3.29. The molecule has 0 saturated heterocycles.